The fourth-order valence-corrected chi connectivity index (χ4v) is 3.58. The first-order chi connectivity index (χ1) is 16.1. The molecule has 0 saturated carbocycles. The summed E-state index contributed by atoms with van der Waals surface area (Å²) in [7, 11) is 1.25. The minimum atomic E-state index is -4.77. The van der Waals surface area contributed by atoms with Crippen molar-refractivity contribution in [2.24, 2.45) is 5.92 Å². The molecule has 7 nitrogen and oxygen atoms in total. The van der Waals surface area contributed by atoms with E-state index >= 15 is 0 Å². The van der Waals surface area contributed by atoms with Crippen LogP contribution in [0, 0.1) is 5.92 Å². The van der Waals surface area contributed by atoms with Crippen molar-refractivity contribution in [3.05, 3.63) is 59.2 Å². The van der Waals surface area contributed by atoms with Crippen LogP contribution in [-0.4, -0.2) is 43.6 Å². The second-order valence-electron chi connectivity index (χ2n) is 8.18. The molecule has 0 aromatic heterocycles. The topological polar surface area (TPSA) is 74.3 Å². The Labute approximate surface area is 195 Å². The lowest BCUT2D eigenvalue weighted by Gasteiger charge is -2.35. The number of alkyl halides is 3. The number of nitrogens with zero attached hydrogens (tertiary/aromatic N) is 1. The maximum Gasteiger partial charge on any atom is 0.573 e. The van der Waals surface area contributed by atoms with Gasteiger partial charge in [-0.2, -0.15) is 0 Å². The van der Waals surface area contributed by atoms with Crippen LogP contribution < -0.4 is 9.47 Å². The van der Waals surface area contributed by atoms with Crippen molar-refractivity contribution in [2.45, 2.75) is 39.3 Å². The third-order valence-electron chi connectivity index (χ3n) is 5.08. The van der Waals surface area contributed by atoms with Crippen LogP contribution in [0.25, 0.3) is 0 Å². The minimum absolute atomic E-state index is 0.0158. The van der Waals surface area contributed by atoms with Crippen molar-refractivity contribution in [2.75, 3.05) is 20.3 Å². The van der Waals surface area contributed by atoms with Crippen LogP contribution in [0.5, 0.6) is 11.5 Å². The number of hydrogen-bond acceptors (Lipinski definition) is 6. The molecule has 0 spiro atoms. The number of halogens is 3. The van der Waals surface area contributed by atoms with Gasteiger partial charge in [0, 0.05) is 6.54 Å². The van der Waals surface area contributed by atoms with Crippen molar-refractivity contribution in [3.63, 3.8) is 0 Å². The number of carbonyl (C=O) groups excluding carboxylic acids is 2. The Bertz CT molecular complexity index is 1020. The largest absolute Gasteiger partial charge is 0.573 e. The maximum absolute atomic E-state index is 12.6. The van der Waals surface area contributed by atoms with E-state index in [1.54, 1.807) is 24.3 Å². The Hall–Kier alpha value is -3.43. The number of methoxy groups -OCH3 is 1. The van der Waals surface area contributed by atoms with Crippen molar-refractivity contribution in [3.8, 4) is 11.5 Å². The maximum atomic E-state index is 12.6. The normalized spacial score (nSPS) is 15.5. The Morgan fingerprint density at radius 3 is 2.56 bits per heavy atom. The Morgan fingerprint density at radius 1 is 1.12 bits per heavy atom. The van der Waals surface area contributed by atoms with E-state index in [0.29, 0.717) is 23.3 Å². The Morgan fingerprint density at radius 2 is 1.88 bits per heavy atom. The van der Waals surface area contributed by atoms with Crippen LogP contribution >= 0.6 is 0 Å². The van der Waals surface area contributed by atoms with Crippen molar-refractivity contribution in [1.82, 2.24) is 4.90 Å². The average molecular weight is 481 g/mol. The van der Waals surface area contributed by atoms with E-state index < -0.39 is 24.5 Å². The molecule has 0 fully saturated rings. The molecule has 0 N–H and O–H groups in total. The summed E-state index contributed by atoms with van der Waals surface area (Å²) in [5.74, 6) is -0.291. The summed E-state index contributed by atoms with van der Waals surface area (Å²) in [5, 5.41) is 0. The van der Waals surface area contributed by atoms with E-state index in [9.17, 15) is 22.8 Å². The number of esters is 1. The fourth-order valence-electron chi connectivity index (χ4n) is 3.58. The summed E-state index contributed by atoms with van der Waals surface area (Å²) < 4.78 is 57.2. The molecule has 2 aromatic carbocycles. The number of hydrogen-bond donors (Lipinski definition) is 0. The SMILES string of the molecule is COC(=O)C1c2ccc(OCc3cccc(OC(F)(F)F)c3)cc2CCN1C(=O)OCC(C)C. The summed E-state index contributed by atoms with van der Waals surface area (Å²) in [4.78, 5) is 26.4. The summed E-state index contributed by atoms with van der Waals surface area (Å²) >= 11 is 0. The van der Waals surface area contributed by atoms with Crippen molar-refractivity contribution in [1.29, 1.82) is 0 Å². The highest BCUT2D eigenvalue weighted by molar-refractivity contribution is 5.84. The van der Waals surface area contributed by atoms with E-state index in [4.69, 9.17) is 14.2 Å². The number of fused-ring (bicyclic) bond motifs is 1. The number of benzene rings is 2. The standard InChI is InChI=1S/C24H26F3NO6/c1-15(2)13-33-23(30)28-10-9-17-12-18(7-8-20(17)21(28)22(29)31-3)32-14-16-5-4-6-19(11-16)34-24(25,26)27/h4-8,11-12,15,21H,9-10,13-14H2,1-3H3. The first-order valence-corrected chi connectivity index (χ1v) is 10.7. The van der Waals surface area contributed by atoms with Gasteiger partial charge < -0.3 is 18.9 Å². The number of ether oxygens (including phenoxy) is 4. The quantitative estimate of drug-likeness (QED) is 0.517. The first-order valence-electron chi connectivity index (χ1n) is 10.7. The molecule has 1 aliphatic rings. The van der Waals surface area contributed by atoms with Gasteiger partial charge >= 0.3 is 18.4 Å². The zero-order valence-corrected chi connectivity index (χ0v) is 19.1. The fraction of sp³-hybridized carbons (Fsp3) is 0.417. The van der Waals surface area contributed by atoms with Gasteiger partial charge in [-0.15, -0.1) is 13.2 Å². The van der Waals surface area contributed by atoms with Crippen molar-refractivity contribution < 1.29 is 41.7 Å². The van der Waals surface area contributed by atoms with E-state index in [1.165, 1.54) is 30.2 Å². The average Bonchev–Trinajstić information content (AvgIpc) is 2.78. The van der Waals surface area contributed by atoms with Crippen LogP contribution in [0.3, 0.4) is 0 Å². The molecule has 0 bridgehead atoms. The lowest BCUT2D eigenvalue weighted by atomic mass is 9.92. The zero-order valence-electron chi connectivity index (χ0n) is 19.1. The summed E-state index contributed by atoms with van der Waals surface area (Å²) in [6.45, 7) is 4.33. The zero-order chi connectivity index (χ0) is 24.9. The molecular weight excluding hydrogens is 455 g/mol. The molecular formula is C24H26F3NO6. The van der Waals surface area contributed by atoms with Crippen LogP contribution in [0.4, 0.5) is 18.0 Å². The molecule has 34 heavy (non-hydrogen) atoms. The number of amides is 1. The van der Waals surface area contributed by atoms with Gasteiger partial charge in [-0.1, -0.05) is 32.0 Å². The molecule has 2 aromatic rings. The molecule has 3 rings (SSSR count). The smallest absolute Gasteiger partial charge is 0.489 e. The van der Waals surface area contributed by atoms with Gasteiger partial charge in [0.2, 0.25) is 0 Å². The lowest BCUT2D eigenvalue weighted by molar-refractivity contribution is -0.274. The molecule has 0 saturated heterocycles. The molecule has 1 unspecified atom stereocenters. The van der Waals surface area contributed by atoms with Gasteiger partial charge in [-0.3, -0.25) is 4.90 Å². The van der Waals surface area contributed by atoms with Gasteiger partial charge in [0.15, 0.2) is 6.04 Å². The Balaban J connectivity index is 1.74. The summed E-state index contributed by atoms with van der Waals surface area (Å²) in [5.41, 5.74) is 1.90. The summed E-state index contributed by atoms with van der Waals surface area (Å²) in [6.07, 6.45) is -4.90. The van der Waals surface area contributed by atoms with Crippen LogP contribution in [0.2, 0.25) is 0 Å². The number of rotatable bonds is 7. The van der Waals surface area contributed by atoms with Gasteiger partial charge in [0.25, 0.3) is 0 Å². The predicted octanol–water partition coefficient (Wildman–Crippen LogP) is 5.03. The minimum Gasteiger partial charge on any atom is -0.489 e. The first kappa shape index (κ1) is 25.2. The van der Waals surface area contributed by atoms with Crippen molar-refractivity contribution >= 4 is 12.1 Å². The van der Waals surface area contributed by atoms with Crippen LogP contribution in [0.1, 0.15) is 36.6 Å². The molecule has 1 amide bonds. The second kappa shape index (κ2) is 10.7. The molecule has 184 valence electrons. The molecule has 0 radical (unpaired) electrons. The van der Waals surface area contributed by atoms with E-state index in [-0.39, 0.29) is 31.4 Å². The molecule has 0 aliphatic carbocycles. The molecule has 1 aliphatic heterocycles. The van der Waals surface area contributed by atoms with Crippen LogP contribution in [-0.2, 0) is 27.3 Å². The van der Waals surface area contributed by atoms with E-state index in [2.05, 4.69) is 4.74 Å². The predicted molar refractivity (Wildman–Crippen MR) is 115 cm³/mol. The second-order valence-corrected chi connectivity index (χ2v) is 8.18. The monoisotopic (exact) mass is 481 g/mol. The Kier molecular flexibility index (Phi) is 7.90. The summed E-state index contributed by atoms with van der Waals surface area (Å²) in [6, 6.07) is 9.64. The highest BCUT2D eigenvalue weighted by Crippen LogP contribution is 2.34. The van der Waals surface area contributed by atoms with Crippen LogP contribution in [0.15, 0.2) is 42.5 Å². The molecule has 10 heteroatoms. The van der Waals surface area contributed by atoms with Gasteiger partial charge in [-0.05, 0) is 53.3 Å². The van der Waals surface area contributed by atoms with E-state index in [1.807, 2.05) is 13.8 Å². The lowest BCUT2D eigenvalue weighted by Crippen LogP contribution is -2.44. The van der Waals surface area contributed by atoms with Gasteiger partial charge in [0.05, 0.1) is 13.7 Å². The molecule has 1 atom stereocenters. The highest BCUT2D eigenvalue weighted by atomic mass is 19.4. The third-order valence-corrected chi connectivity index (χ3v) is 5.08. The third kappa shape index (κ3) is 6.55. The van der Waals surface area contributed by atoms with E-state index in [0.717, 1.165) is 5.56 Å². The molecule has 1 heterocycles. The number of carbonyl (C=O) groups is 2. The highest BCUT2D eigenvalue weighted by Gasteiger charge is 2.38. The van der Waals surface area contributed by atoms with Gasteiger partial charge in [0.1, 0.15) is 18.1 Å². The van der Waals surface area contributed by atoms with Gasteiger partial charge in [-0.25, -0.2) is 9.59 Å².